The van der Waals surface area contributed by atoms with Crippen LogP contribution in [-0.2, 0) is 6.54 Å². The van der Waals surface area contributed by atoms with Crippen LogP contribution in [0, 0.1) is 5.82 Å². The Morgan fingerprint density at radius 2 is 1.88 bits per heavy atom. The van der Waals surface area contributed by atoms with Crippen LogP contribution in [-0.4, -0.2) is 6.54 Å². The Hall–Kier alpha value is -1.67. The molecule has 0 fully saturated rings. The van der Waals surface area contributed by atoms with Crippen LogP contribution in [0.2, 0.25) is 0 Å². The summed E-state index contributed by atoms with van der Waals surface area (Å²) in [7, 11) is 0. The molecule has 0 aliphatic heterocycles. The average Bonchev–Trinajstić information content (AvgIpc) is 2.37. The highest BCUT2D eigenvalue weighted by molar-refractivity contribution is 5.64. The molecule has 88 valence electrons. The lowest BCUT2D eigenvalue weighted by molar-refractivity contribution is 0.631. The Morgan fingerprint density at radius 1 is 1.06 bits per heavy atom. The van der Waals surface area contributed by atoms with Gasteiger partial charge in [-0.1, -0.05) is 43.3 Å². The van der Waals surface area contributed by atoms with Crippen LogP contribution in [0.4, 0.5) is 4.39 Å². The molecule has 2 aromatic carbocycles. The van der Waals surface area contributed by atoms with Crippen molar-refractivity contribution in [2.24, 2.45) is 0 Å². The van der Waals surface area contributed by atoms with Gasteiger partial charge in [0.1, 0.15) is 5.82 Å². The summed E-state index contributed by atoms with van der Waals surface area (Å²) < 4.78 is 13.6. The predicted octanol–water partition coefficient (Wildman–Crippen LogP) is 3.60. The number of halogens is 1. The summed E-state index contributed by atoms with van der Waals surface area (Å²) >= 11 is 0. The van der Waals surface area contributed by atoms with Crippen molar-refractivity contribution >= 4 is 0 Å². The number of hydrogen-bond donors (Lipinski definition) is 1. The SMILES string of the molecule is CCNCc1cccc(-c2ccccc2F)c1. The minimum atomic E-state index is -0.173. The zero-order valence-corrected chi connectivity index (χ0v) is 9.91. The Labute approximate surface area is 101 Å². The summed E-state index contributed by atoms with van der Waals surface area (Å²) in [4.78, 5) is 0. The summed E-state index contributed by atoms with van der Waals surface area (Å²) in [5.41, 5.74) is 2.76. The molecule has 0 aliphatic carbocycles. The van der Waals surface area contributed by atoms with E-state index in [1.807, 2.05) is 36.4 Å². The fourth-order valence-corrected chi connectivity index (χ4v) is 1.81. The van der Waals surface area contributed by atoms with Crippen LogP contribution in [0.3, 0.4) is 0 Å². The molecule has 0 aliphatic rings. The molecule has 2 aromatic rings. The van der Waals surface area contributed by atoms with Crippen molar-refractivity contribution in [2.75, 3.05) is 6.54 Å². The van der Waals surface area contributed by atoms with Crippen LogP contribution < -0.4 is 5.32 Å². The minimum Gasteiger partial charge on any atom is -0.313 e. The second-order valence-electron chi connectivity index (χ2n) is 3.96. The highest BCUT2D eigenvalue weighted by Crippen LogP contribution is 2.23. The van der Waals surface area contributed by atoms with E-state index in [0.717, 1.165) is 18.7 Å². The fourth-order valence-electron chi connectivity index (χ4n) is 1.81. The Morgan fingerprint density at radius 3 is 2.65 bits per heavy atom. The van der Waals surface area contributed by atoms with Gasteiger partial charge in [0, 0.05) is 12.1 Å². The molecule has 2 rings (SSSR count). The van der Waals surface area contributed by atoms with Gasteiger partial charge in [-0.15, -0.1) is 0 Å². The van der Waals surface area contributed by atoms with E-state index in [2.05, 4.69) is 12.2 Å². The van der Waals surface area contributed by atoms with Gasteiger partial charge in [0.25, 0.3) is 0 Å². The molecule has 2 heteroatoms. The molecule has 0 radical (unpaired) electrons. The van der Waals surface area contributed by atoms with Gasteiger partial charge >= 0.3 is 0 Å². The van der Waals surface area contributed by atoms with E-state index in [-0.39, 0.29) is 5.82 Å². The summed E-state index contributed by atoms with van der Waals surface area (Å²) in [5, 5.41) is 3.26. The van der Waals surface area contributed by atoms with E-state index in [0.29, 0.717) is 5.56 Å². The number of hydrogen-bond acceptors (Lipinski definition) is 1. The van der Waals surface area contributed by atoms with Crippen molar-refractivity contribution in [2.45, 2.75) is 13.5 Å². The first-order valence-electron chi connectivity index (χ1n) is 5.86. The molecule has 0 saturated heterocycles. The number of nitrogens with one attached hydrogen (secondary N) is 1. The zero-order valence-electron chi connectivity index (χ0n) is 9.91. The van der Waals surface area contributed by atoms with E-state index in [1.54, 1.807) is 6.07 Å². The first-order valence-corrected chi connectivity index (χ1v) is 5.86. The van der Waals surface area contributed by atoms with Gasteiger partial charge in [0.05, 0.1) is 0 Å². The summed E-state index contributed by atoms with van der Waals surface area (Å²) in [6, 6.07) is 14.8. The van der Waals surface area contributed by atoms with Crippen molar-refractivity contribution in [3.63, 3.8) is 0 Å². The van der Waals surface area contributed by atoms with Crippen LogP contribution in [0.25, 0.3) is 11.1 Å². The van der Waals surface area contributed by atoms with Gasteiger partial charge < -0.3 is 5.32 Å². The Kier molecular flexibility index (Phi) is 3.89. The van der Waals surface area contributed by atoms with Gasteiger partial charge in [-0.3, -0.25) is 0 Å². The second kappa shape index (κ2) is 5.60. The highest BCUT2D eigenvalue weighted by Gasteiger charge is 2.04. The monoisotopic (exact) mass is 229 g/mol. The molecular weight excluding hydrogens is 213 g/mol. The van der Waals surface area contributed by atoms with E-state index >= 15 is 0 Å². The van der Waals surface area contributed by atoms with Crippen molar-refractivity contribution in [1.82, 2.24) is 5.32 Å². The summed E-state index contributed by atoms with van der Waals surface area (Å²) in [6.07, 6.45) is 0. The molecule has 0 amide bonds. The van der Waals surface area contributed by atoms with Crippen LogP contribution in [0.15, 0.2) is 48.5 Å². The topological polar surface area (TPSA) is 12.0 Å². The number of rotatable bonds is 4. The van der Waals surface area contributed by atoms with Gasteiger partial charge in [-0.05, 0) is 29.8 Å². The van der Waals surface area contributed by atoms with E-state index in [4.69, 9.17) is 0 Å². The Balaban J connectivity index is 2.30. The molecule has 1 N–H and O–H groups in total. The molecule has 0 atom stereocenters. The van der Waals surface area contributed by atoms with Crippen LogP contribution in [0.1, 0.15) is 12.5 Å². The predicted molar refractivity (Wildman–Crippen MR) is 69.2 cm³/mol. The second-order valence-corrected chi connectivity index (χ2v) is 3.96. The first kappa shape index (κ1) is 11.8. The smallest absolute Gasteiger partial charge is 0.131 e. The third kappa shape index (κ3) is 2.92. The van der Waals surface area contributed by atoms with Crippen molar-refractivity contribution in [3.05, 3.63) is 59.9 Å². The van der Waals surface area contributed by atoms with E-state index in [9.17, 15) is 4.39 Å². The lowest BCUT2D eigenvalue weighted by Crippen LogP contribution is -2.11. The third-order valence-electron chi connectivity index (χ3n) is 2.69. The van der Waals surface area contributed by atoms with Gasteiger partial charge in [-0.2, -0.15) is 0 Å². The first-order chi connectivity index (χ1) is 8.31. The molecule has 0 unspecified atom stereocenters. The third-order valence-corrected chi connectivity index (χ3v) is 2.69. The molecule has 0 saturated carbocycles. The van der Waals surface area contributed by atoms with Crippen molar-refractivity contribution in [3.8, 4) is 11.1 Å². The molecule has 0 heterocycles. The van der Waals surface area contributed by atoms with Gasteiger partial charge in [0.15, 0.2) is 0 Å². The fraction of sp³-hybridized carbons (Fsp3) is 0.200. The van der Waals surface area contributed by atoms with Gasteiger partial charge in [-0.25, -0.2) is 4.39 Å². The maximum absolute atomic E-state index is 13.6. The summed E-state index contributed by atoms with van der Waals surface area (Å²) in [6.45, 7) is 3.82. The number of benzene rings is 2. The van der Waals surface area contributed by atoms with Gasteiger partial charge in [0.2, 0.25) is 0 Å². The van der Waals surface area contributed by atoms with Crippen molar-refractivity contribution in [1.29, 1.82) is 0 Å². The lowest BCUT2D eigenvalue weighted by Gasteiger charge is -2.07. The molecule has 17 heavy (non-hydrogen) atoms. The standard InChI is InChI=1S/C15H16FN/c1-2-17-11-12-6-5-7-13(10-12)14-8-3-4-9-15(14)16/h3-10,17H,2,11H2,1H3. The molecule has 0 aromatic heterocycles. The normalized spacial score (nSPS) is 10.5. The van der Waals surface area contributed by atoms with E-state index < -0.39 is 0 Å². The van der Waals surface area contributed by atoms with E-state index in [1.165, 1.54) is 11.6 Å². The van der Waals surface area contributed by atoms with Crippen LogP contribution in [0.5, 0.6) is 0 Å². The highest BCUT2D eigenvalue weighted by atomic mass is 19.1. The van der Waals surface area contributed by atoms with Crippen LogP contribution >= 0.6 is 0 Å². The quantitative estimate of drug-likeness (QED) is 0.844. The maximum Gasteiger partial charge on any atom is 0.131 e. The lowest BCUT2D eigenvalue weighted by atomic mass is 10.0. The average molecular weight is 229 g/mol. The zero-order chi connectivity index (χ0) is 12.1. The largest absolute Gasteiger partial charge is 0.313 e. The Bertz CT molecular complexity index is 494. The molecular formula is C15H16FN. The minimum absolute atomic E-state index is 0.173. The maximum atomic E-state index is 13.6. The van der Waals surface area contributed by atoms with Crippen molar-refractivity contribution < 1.29 is 4.39 Å². The molecule has 0 bridgehead atoms. The summed E-state index contributed by atoms with van der Waals surface area (Å²) in [5.74, 6) is -0.173. The molecule has 0 spiro atoms. The molecule has 1 nitrogen and oxygen atoms in total.